The summed E-state index contributed by atoms with van der Waals surface area (Å²) in [6.45, 7) is 6.23. The van der Waals surface area contributed by atoms with Crippen molar-refractivity contribution in [2.24, 2.45) is 0 Å². The molecule has 0 amide bonds. The molecule has 63 heavy (non-hydrogen) atoms. The molecule has 0 aromatic carbocycles. The molecule has 0 aliphatic rings. The van der Waals surface area contributed by atoms with Crippen LogP contribution in [0.25, 0.3) is 0 Å². The summed E-state index contributed by atoms with van der Waals surface area (Å²) in [7, 11) is 0. The number of hydrogen-bond donors (Lipinski definition) is 0. The van der Waals surface area contributed by atoms with Crippen molar-refractivity contribution in [2.75, 3.05) is 13.2 Å². The summed E-state index contributed by atoms with van der Waals surface area (Å²) in [5.74, 6) is -1.08. The van der Waals surface area contributed by atoms with E-state index in [9.17, 15) is 14.4 Å². The molecule has 352 valence electrons. The van der Waals surface area contributed by atoms with Gasteiger partial charge in [-0.25, -0.2) is 0 Å². The molecule has 0 fully saturated rings. The predicted octanol–water partition coefficient (Wildman–Crippen LogP) is 16.3. The third kappa shape index (κ3) is 48.4. The molecule has 0 saturated heterocycles. The Labute approximate surface area is 385 Å². The van der Waals surface area contributed by atoms with Crippen LogP contribution in [0.5, 0.6) is 0 Å². The Kier molecular flexibility index (Phi) is 46.7. The molecule has 0 rings (SSSR count). The van der Waals surface area contributed by atoms with Crippen LogP contribution in [0.4, 0.5) is 0 Å². The maximum atomic E-state index is 12.8. The molecule has 0 aromatic heterocycles. The summed E-state index contributed by atoms with van der Waals surface area (Å²) in [6, 6.07) is 0. The Morgan fingerprint density at radius 3 is 1.24 bits per heavy atom. The number of unbranched alkanes of at least 4 members (excludes halogenated alkanes) is 14. The van der Waals surface area contributed by atoms with Crippen LogP contribution < -0.4 is 0 Å². The van der Waals surface area contributed by atoms with Crippen LogP contribution in [0.2, 0.25) is 0 Å². The van der Waals surface area contributed by atoms with Crippen molar-refractivity contribution in [3.8, 4) is 0 Å². The minimum atomic E-state index is -0.838. The van der Waals surface area contributed by atoms with E-state index in [-0.39, 0.29) is 44.0 Å². The van der Waals surface area contributed by atoms with Gasteiger partial charge in [-0.3, -0.25) is 14.4 Å². The Bertz CT molecular complexity index is 1420. The predicted molar refractivity (Wildman–Crippen MR) is 269 cm³/mol. The third-order valence-corrected chi connectivity index (χ3v) is 9.78. The molecule has 0 aliphatic carbocycles. The standard InChI is InChI=1S/C57H88O6/c1-4-7-10-13-16-19-22-25-27-29-32-35-38-41-44-47-50-56(59)62-53-54(52-61-55(58)49-46-43-40-37-34-31-24-21-18-15-12-9-6-3)63-57(60)51-48-45-42-39-36-33-30-28-26-23-20-17-14-11-8-5-2/h7,9-10,12,15-16,18-19,21,24-25,27-28,30-37,40,54H,4-6,8,11,13-14,17,20,22-23,26,29,38-39,41-53H2,1-3H3/b10-7-,12-9-,18-15-,19-16-,24-21-,27-25-,30-28-,34-31-,35-32-,36-33-,40-37-. The van der Waals surface area contributed by atoms with E-state index in [1.165, 1.54) is 44.9 Å². The third-order valence-electron chi connectivity index (χ3n) is 9.78. The Morgan fingerprint density at radius 1 is 0.349 bits per heavy atom. The smallest absolute Gasteiger partial charge is 0.306 e. The molecular formula is C57H88O6. The van der Waals surface area contributed by atoms with Gasteiger partial charge in [0.1, 0.15) is 13.2 Å². The van der Waals surface area contributed by atoms with Gasteiger partial charge < -0.3 is 14.2 Å². The van der Waals surface area contributed by atoms with Crippen LogP contribution in [-0.4, -0.2) is 37.2 Å². The fourth-order valence-electron chi connectivity index (χ4n) is 6.10. The lowest BCUT2D eigenvalue weighted by Crippen LogP contribution is -2.30. The highest BCUT2D eigenvalue weighted by molar-refractivity contribution is 5.71. The zero-order valence-electron chi connectivity index (χ0n) is 40.0. The number of carbonyl (C=O) groups is 3. The van der Waals surface area contributed by atoms with Crippen molar-refractivity contribution in [1.29, 1.82) is 0 Å². The lowest BCUT2D eigenvalue weighted by Gasteiger charge is -2.18. The highest BCUT2D eigenvalue weighted by Gasteiger charge is 2.19. The topological polar surface area (TPSA) is 78.9 Å². The number of carbonyl (C=O) groups excluding carboxylic acids is 3. The molecule has 1 atom stereocenters. The van der Waals surface area contributed by atoms with E-state index in [1.807, 2.05) is 54.7 Å². The summed E-state index contributed by atoms with van der Waals surface area (Å²) in [4.78, 5) is 37.9. The first-order chi connectivity index (χ1) is 31.0. The minimum absolute atomic E-state index is 0.133. The van der Waals surface area contributed by atoms with Gasteiger partial charge in [0.05, 0.1) is 0 Å². The van der Waals surface area contributed by atoms with Crippen LogP contribution >= 0.6 is 0 Å². The number of ether oxygens (including phenoxy) is 3. The van der Waals surface area contributed by atoms with Gasteiger partial charge in [-0.05, 0) is 96.3 Å². The molecule has 0 heterocycles. The lowest BCUT2D eigenvalue weighted by atomic mass is 10.1. The van der Waals surface area contributed by atoms with Crippen molar-refractivity contribution < 1.29 is 28.6 Å². The van der Waals surface area contributed by atoms with Crippen LogP contribution in [0.15, 0.2) is 134 Å². The first kappa shape index (κ1) is 58.6. The molecule has 0 saturated carbocycles. The van der Waals surface area contributed by atoms with Crippen LogP contribution in [0.1, 0.15) is 188 Å². The second kappa shape index (κ2) is 50.2. The zero-order valence-corrected chi connectivity index (χ0v) is 40.0. The molecule has 1 unspecified atom stereocenters. The van der Waals surface area contributed by atoms with E-state index in [4.69, 9.17) is 14.2 Å². The van der Waals surface area contributed by atoms with Crippen LogP contribution in [0.3, 0.4) is 0 Å². The molecule has 0 N–H and O–H groups in total. The summed E-state index contributed by atoms with van der Waals surface area (Å²) in [6.07, 6.45) is 70.1. The van der Waals surface area contributed by atoms with Gasteiger partial charge in [-0.2, -0.15) is 0 Å². The van der Waals surface area contributed by atoms with Crippen LogP contribution in [-0.2, 0) is 28.6 Å². The first-order valence-electron chi connectivity index (χ1n) is 24.8. The highest BCUT2D eigenvalue weighted by atomic mass is 16.6. The second-order valence-corrected chi connectivity index (χ2v) is 15.8. The quantitative estimate of drug-likeness (QED) is 0.0200. The maximum Gasteiger partial charge on any atom is 0.306 e. The average Bonchev–Trinajstić information content (AvgIpc) is 3.28. The molecule has 0 spiro atoms. The molecular weight excluding hydrogens is 781 g/mol. The minimum Gasteiger partial charge on any atom is -0.462 e. The molecule has 6 nitrogen and oxygen atoms in total. The van der Waals surface area contributed by atoms with Crippen molar-refractivity contribution in [2.45, 2.75) is 194 Å². The van der Waals surface area contributed by atoms with Crippen LogP contribution in [0, 0.1) is 0 Å². The van der Waals surface area contributed by atoms with E-state index < -0.39 is 6.10 Å². The molecule has 0 aliphatic heterocycles. The molecule has 0 bridgehead atoms. The number of esters is 3. The second-order valence-electron chi connectivity index (χ2n) is 15.8. The SMILES string of the molecule is CC\C=C/C=C\C=C/C=C\C=C/CCCC(=O)OCC(COC(=O)CCCCC/C=C\C/C=C\C/C=C\C/C=C\CC)OC(=O)CCCCC/C=C\C=C/CCCCCCCCC. The zero-order chi connectivity index (χ0) is 45.8. The van der Waals surface area contributed by atoms with Gasteiger partial charge in [0, 0.05) is 19.3 Å². The van der Waals surface area contributed by atoms with E-state index in [2.05, 4.69) is 99.8 Å². The van der Waals surface area contributed by atoms with Gasteiger partial charge in [0.15, 0.2) is 6.10 Å². The van der Waals surface area contributed by atoms with Gasteiger partial charge >= 0.3 is 17.9 Å². The molecule has 0 radical (unpaired) electrons. The highest BCUT2D eigenvalue weighted by Crippen LogP contribution is 2.11. The molecule has 0 aromatic rings. The average molecular weight is 869 g/mol. The van der Waals surface area contributed by atoms with Crippen molar-refractivity contribution >= 4 is 17.9 Å². The Balaban J connectivity index is 4.61. The summed E-state index contributed by atoms with van der Waals surface area (Å²) >= 11 is 0. The van der Waals surface area contributed by atoms with Gasteiger partial charge in [0.2, 0.25) is 0 Å². The molecule has 6 heteroatoms. The summed E-state index contributed by atoms with van der Waals surface area (Å²) in [5.41, 5.74) is 0. The lowest BCUT2D eigenvalue weighted by molar-refractivity contribution is -0.167. The fraction of sp³-hybridized carbons (Fsp3) is 0.561. The summed E-state index contributed by atoms with van der Waals surface area (Å²) < 4.78 is 16.6. The Morgan fingerprint density at radius 2 is 0.714 bits per heavy atom. The summed E-state index contributed by atoms with van der Waals surface area (Å²) in [5, 5.41) is 0. The first-order valence-corrected chi connectivity index (χ1v) is 24.8. The van der Waals surface area contributed by atoms with E-state index >= 15 is 0 Å². The number of allylic oxidation sites excluding steroid dienone is 22. The van der Waals surface area contributed by atoms with E-state index in [0.29, 0.717) is 19.3 Å². The van der Waals surface area contributed by atoms with Crippen molar-refractivity contribution in [1.82, 2.24) is 0 Å². The van der Waals surface area contributed by atoms with Gasteiger partial charge in [0.25, 0.3) is 0 Å². The largest absolute Gasteiger partial charge is 0.462 e. The van der Waals surface area contributed by atoms with E-state index in [1.54, 1.807) is 0 Å². The normalized spacial score (nSPS) is 13.3. The monoisotopic (exact) mass is 869 g/mol. The number of rotatable bonds is 42. The van der Waals surface area contributed by atoms with E-state index in [0.717, 1.165) is 89.9 Å². The van der Waals surface area contributed by atoms with Crippen molar-refractivity contribution in [3.63, 3.8) is 0 Å². The van der Waals surface area contributed by atoms with Crippen molar-refractivity contribution in [3.05, 3.63) is 134 Å². The maximum absolute atomic E-state index is 12.8. The van der Waals surface area contributed by atoms with Gasteiger partial charge in [-0.15, -0.1) is 0 Å². The number of hydrogen-bond acceptors (Lipinski definition) is 6. The Hall–Kier alpha value is -4.45. The van der Waals surface area contributed by atoms with Gasteiger partial charge in [-0.1, -0.05) is 206 Å². The fourth-order valence-corrected chi connectivity index (χ4v) is 6.10.